The van der Waals surface area contributed by atoms with E-state index < -0.39 is 0 Å². The third-order valence-corrected chi connectivity index (χ3v) is 4.12. The molecule has 0 unspecified atom stereocenters. The second-order valence-electron chi connectivity index (χ2n) is 6.76. The summed E-state index contributed by atoms with van der Waals surface area (Å²) in [5, 5.41) is 3.91. The summed E-state index contributed by atoms with van der Waals surface area (Å²) in [6.45, 7) is 5.91. The van der Waals surface area contributed by atoms with Crippen molar-refractivity contribution in [2.45, 2.75) is 26.8 Å². The van der Waals surface area contributed by atoms with Gasteiger partial charge in [0.25, 0.3) is 5.91 Å². The largest absolute Gasteiger partial charge is 0.483 e. The second-order valence-corrected chi connectivity index (χ2v) is 6.76. The Morgan fingerprint density at radius 2 is 2.08 bits per heavy atom. The van der Waals surface area contributed by atoms with Crippen LogP contribution in [0.3, 0.4) is 0 Å². The van der Waals surface area contributed by atoms with Gasteiger partial charge in [-0.15, -0.1) is 0 Å². The molecule has 0 bridgehead atoms. The van der Waals surface area contributed by atoms with Gasteiger partial charge in [0.05, 0.1) is 5.52 Å². The SMILES string of the molecule is CC(C)Cn1ccc2c(OCC(=O)NCCc3ccccn3)cccc21. The molecule has 26 heavy (non-hydrogen) atoms. The van der Waals surface area contributed by atoms with Crippen molar-refractivity contribution in [2.24, 2.45) is 5.92 Å². The number of ether oxygens (including phenoxy) is 1. The summed E-state index contributed by atoms with van der Waals surface area (Å²) < 4.78 is 7.98. The summed E-state index contributed by atoms with van der Waals surface area (Å²) in [6, 6.07) is 13.8. The molecule has 0 saturated carbocycles. The third-order valence-electron chi connectivity index (χ3n) is 4.12. The summed E-state index contributed by atoms with van der Waals surface area (Å²) in [7, 11) is 0. The van der Waals surface area contributed by atoms with Crippen LogP contribution in [0.2, 0.25) is 0 Å². The number of carbonyl (C=O) groups is 1. The van der Waals surface area contributed by atoms with E-state index in [-0.39, 0.29) is 12.5 Å². The predicted octanol–water partition coefficient (Wildman–Crippen LogP) is 3.43. The molecular formula is C21H25N3O2. The molecule has 1 N–H and O–H groups in total. The fourth-order valence-electron chi connectivity index (χ4n) is 2.94. The van der Waals surface area contributed by atoms with Gasteiger partial charge < -0.3 is 14.6 Å². The molecule has 0 aliphatic heterocycles. The molecule has 5 heteroatoms. The van der Waals surface area contributed by atoms with Gasteiger partial charge in [-0.1, -0.05) is 26.0 Å². The number of rotatable bonds is 8. The van der Waals surface area contributed by atoms with Gasteiger partial charge in [-0.05, 0) is 36.2 Å². The van der Waals surface area contributed by atoms with Crippen molar-refractivity contribution < 1.29 is 9.53 Å². The molecule has 0 atom stereocenters. The lowest BCUT2D eigenvalue weighted by molar-refractivity contribution is -0.123. The van der Waals surface area contributed by atoms with Gasteiger partial charge in [-0.3, -0.25) is 9.78 Å². The number of aromatic nitrogens is 2. The van der Waals surface area contributed by atoms with Crippen molar-refractivity contribution in [3.8, 4) is 5.75 Å². The minimum Gasteiger partial charge on any atom is -0.483 e. The molecule has 136 valence electrons. The average molecular weight is 351 g/mol. The van der Waals surface area contributed by atoms with Gasteiger partial charge in [-0.25, -0.2) is 0 Å². The third kappa shape index (κ3) is 4.63. The van der Waals surface area contributed by atoms with E-state index in [1.165, 1.54) is 0 Å². The van der Waals surface area contributed by atoms with Crippen LogP contribution in [0.15, 0.2) is 54.9 Å². The fourth-order valence-corrected chi connectivity index (χ4v) is 2.94. The molecule has 0 saturated heterocycles. The zero-order valence-corrected chi connectivity index (χ0v) is 15.3. The Morgan fingerprint density at radius 1 is 1.19 bits per heavy atom. The average Bonchev–Trinajstić information content (AvgIpc) is 3.04. The number of hydrogen-bond donors (Lipinski definition) is 1. The normalized spacial score (nSPS) is 11.0. The number of amides is 1. The zero-order chi connectivity index (χ0) is 18.4. The van der Waals surface area contributed by atoms with E-state index >= 15 is 0 Å². The van der Waals surface area contributed by atoms with E-state index in [1.54, 1.807) is 6.20 Å². The van der Waals surface area contributed by atoms with E-state index in [9.17, 15) is 4.79 Å². The Morgan fingerprint density at radius 3 is 2.85 bits per heavy atom. The standard InChI is InChI=1S/C21H25N3O2/c1-16(2)14-24-13-10-18-19(24)7-5-8-20(18)26-15-21(25)23-12-9-17-6-3-4-11-22-17/h3-8,10-11,13,16H,9,12,14-15H2,1-2H3,(H,23,25). The van der Waals surface area contributed by atoms with Gasteiger partial charge in [0, 0.05) is 43.0 Å². The lowest BCUT2D eigenvalue weighted by atomic mass is 10.2. The Bertz CT molecular complexity index is 856. The second kappa shape index (κ2) is 8.52. The highest BCUT2D eigenvalue weighted by Gasteiger charge is 2.09. The van der Waals surface area contributed by atoms with Gasteiger partial charge in [0.1, 0.15) is 5.75 Å². The zero-order valence-electron chi connectivity index (χ0n) is 15.3. The maximum absolute atomic E-state index is 12.0. The number of carbonyl (C=O) groups excluding carboxylic acids is 1. The highest BCUT2D eigenvalue weighted by Crippen LogP contribution is 2.27. The Hall–Kier alpha value is -2.82. The van der Waals surface area contributed by atoms with Crippen molar-refractivity contribution in [2.75, 3.05) is 13.2 Å². The monoisotopic (exact) mass is 351 g/mol. The summed E-state index contributed by atoms with van der Waals surface area (Å²) in [5.41, 5.74) is 2.09. The maximum atomic E-state index is 12.0. The smallest absolute Gasteiger partial charge is 0.257 e. The van der Waals surface area contributed by atoms with Crippen LogP contribution in [-0.4, -0.2) is 28.6 Å². The minimum atomic E-state index is -0.125. The van der Waals surface area contributed by atoms with Crippen LogP contribution in [0.5, 0.6) is 5.75 Å². The molecule has 3 rings (SSSR count). The van der Waals surface area contributed by atoms with Gasteiger partial charge in [0.2, 0.25) is 0 Å². The number of nitrogens with one attached hydrogen (secondary N) is 1. The van der Waals surface area contributed by atoms with E-state index in [0.29, 0.717) is 18.9 Å². The molecule has 0 spiro atoms. The topological polar surface area (TPSA) is 56.1 Å². The molecule has 3 aromatic rings. The van der Waals surface area contributed by atoms with Crippen LogP contribution < -0.4 is 10.1 Å². The van der Waals surface area contributed by atoms with Crippen molar-refractivity contribution in [3.05, 3.63) is 60.6 Å². The van der Waals surface area contributed by atoms with Crippen LogP contribution in [-0.2, 0) is 17.8 Å². The summed E-state index contributed by atoms with van der Waals surface area (Å²) in [6.07, 6.45) is 4.54. The lowest BCUT2D eigenvalue weighted by Gasteiger charge is -2.11. The number of benzene rings is 1. The highest BCUT2D eigenvalue weighted by molar-refractivity contribution is 5.87. The Labute approximate surface area is 154 Å². The first kappa shape index (κ1) is 18.0. The Kier molecular flexibility index (Phi) is 5.89. The molecule has 0 aliphatic carbocycles. The molecule has 5 nitrogen and oxygen atoms in total. The number of pyridine rings is 1. The summed E-state index contributed by atoms with van der Waals surface area (Å²) in [5.74, 6) is 1.18. The van der Waals surface area contributed by atoms with Gasteiger partial charge >= 0.3 is 0 Å². The first-order valence-electron chi connectivity index (χ1n) is 9.01. The van der Waals surface area contributed by atoms with Crippen molar-refractivity contribution in [3.63, 3.8) is 0 Å². The van der Waals surface area contributed by atoms with Crippen LogP contribution in [0.1, 0.15) is 19.5 Å². The fraction of sp³-hybridized carbons (Fsp3) is 0.333. The molecular weight excluding hydrogens is 326 g/mol. The molecule has 0 aliphatic rings. The molecule has 0 fully saturated rings. The quantitative estimate of drug-likeness (QED) is 0.676. The molecule has 2 aromatic heterocycles. The number of hydrogen-bond acceptors (Lipinski definition) is 3. The highest BCUT2D eigenvalue weighted by atomic mass is 16.5. The van der Waals surface area contributed by atoms with Crippen LogP contribution in [0, 0.1) is 5.92 Å². The Balaban J connectivity index is 1.54. The van der Waals surface area contributed by atoms with Crippen molar-refractivity contribution in [1.82, 2.24) is 14.9 Å². The van der Waals surface area contributed by atoms with Crippen molar-refractivity contribution in [1.29, 1.82) is 0 Å². The molecule has 2 heterocycles. The number of fused-ring (bicyclic) bond motifs is 1. The number of nitrogens with zero attached hydrogens (tertiary/aromatic N) is 2. The van der Waals surface area contributed by atoms with Crippen molar-refractivity contribution >= 4 is 16.8 Å². The van der Waals surface area contributed by atoms with Crippen LogP contribution >= 0.6 is 0 Å². The maximum Gasteiger partial charge on any atom is 0.257 e. The molecule has 1 amide bonds. The van der Waals surface area contributed by atoms with Gasteiger partial charge in [0.15, 0.2) is 6.61 Å². The lowest BCUT2D eigenvalue weighted by Crippen LogP contribution is -2.30. The van der Waals surface area contributed by atoms with E-state index in [1.807, 2.05) is 36.4 Å². The summed E-state index contributed by atoms with van der Waals surface area (Å²) >= 11 is 0. The predicted molar refractivity (Wildman–Crippen MR) is 103 cm³/mol. The van der Waals surface area contributed by atoms with Crippen LogP contribution in [0.25, 0.3) is 10.9 Å². The molecule has 0 radical (unpaired) electrons. The van der Waals surface area contributed by atoms with E-state index in [0.717, 1.165) is 28.9 Å². The van der Waals surface area contributed by atoms with Gasteiger partial charge in [-0.2, -0.15) is 0 Å². The van der Waals surface area contributed by atoms with E-state index in [4.69, 9.17) is 4.74 Å². The van der Waals surface area contributed by atoms with Crippen LogP contribution in [0.4, 0.5) is 0 Å². The first-order valence-corrected chi connectivity index (χ1v) is 9.01. The summed E-state index contributed by atoms with van der Waals surface area (Å²) in [4.78, 5) is 16.3. The minimum absolute atomic E-state index is 0.0106. The van der Waals surface area contributed by atoms with E-state index in [2.05, 4.69) is 41.0 Å². The molecule has 1 aromatic carbocycles. The first-order chi connectivity index (χ1) is 12.6.